The van der Waals surface area contributed by atoms with E-state index in [1.807, 2.05) is 18.2 Å². The van der Waals surface area contributed by atoms with Crippen molar-refractivity contribution in [3.05, 3.63) is 23.8 Å². The number of carbonyl (C=O) groups excluding carboxylic acids is 2. The summed E-state index contributed by atoms with van der Waals surface area (Å²) in [6.45, 7) is 7.58. The molecule has 0 saturated heterocycles. The van der Waals surface area contributed by atoms with Crippen molar-refractivity contribution in [2.75, 3.05) is 25.1 Å². The number of benzene rings is 1. The summed E-state index contributed by atoms with van der Waals surface area (Å²) in [5.41, 5.74) is 1.70. The van der Waals surface area contributed by atoms with Crippen LogP contribution >= 0.6 is 0 Å². The molecule has 0 aromatic heterocycles. The number of anilines is 1. The SMILES string of the molecule is CN1C(=O)CCOc2ccc(CNC(=O)NCC(C)(C)C)cc21. The van der Waals surface area contributed by atoms with Crippen molar-refractivity contribution in [1.29, 1.82) is 0 Å². The molecule has 1 heterocycles. The van der Waals surface area contributed by atoms with Gasteiger partial charge in [-0.1, -0.05) is 26.8 Å². The molecule has 0 atom stereocenters. The van der Waals surface area contributed by atoms with Crippen molar-refractivity contribution in [2.45, 2.75) is 33.7 Å². The molecule has 1 aromatic carbocycles. The molecule has 0 saturated carbocycles. The van der Waals surface area contributed by atoms with Crippen molar-refractivity contribution < 1.29 is 14.3 Å². The second-order valence-electron chi connectivity index (χ2n) is 6.95. The van der Waals surface area contributed by atoms with Gasteiger partial charge in [-0.05, 0) is 23.1 Å². The van der Waals surface area contributed by atoms with E-state index in [4.69, 9.17) is 4.74 Å². The van der Waals surface area contributed by atoms with Gasteiger partial charge in [0.15, 0.2) is 0 Å². The monoisotopic (exact) mass is 319 g/mol. The highest BCUT2D eigenvalue weighted by atomic mass is 16.5. The molecule has 3 amide bonds. The molecule has 1 aliphatic heterocycles. The fourth-order valence-corrected chi connectivity index (χ4v) is 2.20. The molecule has 0 bridgehead atoms. The zero-order chi connectivity index (χ0) is 17.0. The summed E-state index contributed by atoms with van der Waals surface area (Å²) in [6, 6.07) is 5.42. The van der Waals surface area contributed by atoms with Gasteiger partial charge >= 0.3 is 6.03 Å². The first-order valence-electron chi connectivity index (χ1n) is 7.80. The molecule has 23 heavy (non-hydrogen) atoms. The van der Waals surface area contributed by atoms with Crippen LogP contribution in [0.4, 0.5) is 10.5 Å². The zero-order valence-corrected chi connectivity index (χ0v) is 14.2. The fraction of sp³-hybridized carbons (Fsp3) is 0.529. The number of nitrogens with zero attached hydrogens (tertiary/aromatic N) is 1. The predicted octanol–water partition coefficient (Wildman–Crippen LogP) is 2.28. The van der Waals surface area contributed by atoms with E-state index >= 15 is 0 Å². The summed E-state index contributed by atoms with van der Waals surface area (Å²) >= 11 is 0. The van der Waals surface area contributed by atoms with Crippen LogP contribution in [-0.4, -0.2) is 32.1 Å². The topological polar surface area (TPSA) is 70.7 Å². The Bertz CT molecular complexity index is 593. The molecule has 2 N–H and O–H groups in total. The fourth-order valence-electron chi connectivity index (χ4n) is 2.20. The number of hydrogen-bond acceptors (Lipinski definition) is 3. The maximum Gasteiger partial charge on any atom is 0.315 e. The summed E-state index contributed by atoms with van der Waals surface area (Å²) in [5, 5.41) is 5.67. The van der Waals surface area contributed by atoms with Gasteiger partial charge in [0.25, 0.3) is 0 Å². The molecular formula is C17H25N3O3. The molecule has 2 rings (SSSR count). The van der Waals surface area contributed by atoms with Crippen LogP contribution < -0.4 is 20.3 Å². The Balaban J connectivity index is 1.98. The third-order valence-electron chi connectivity index (χ3n) is 3.56. The van der Waals surface area contributed by atoms with Crippen LogP contribution in [0.5, 0.6) is 5.75 Å². The molecule has 6 heteroatoms. The number of amides is 3. The number of urea groups is 1. The van der Waals surface area contributed by atoms with E-state index in [9.17, 15) is 9.59 Å². The molecule has 0 radical (unpaired) electrons. The molecule has 1 aliphatic rings. The molecule has 1 aromatic rings. The van der Waals surface area contributed by atoms with Crippen molar-refractivity contribution in [3.63, 3.8) is 0 Å². The van der Waals surface area contributed by atoms with E-state index in [1.165, 1.54) is 0 Å². The Hall–Kier alpha value is -2.24. The first-order valence-corrected chi connectivity index (χ1v) is 7.80. The van der Waals surface area contributed by atoms with E-state index in [-0.39, 0.29) is 17.4 Å². The molecular weight excluding hydrogens is 294 g/mol. The molecule has 0 aliphatic carbocycles. The van der Waals surface area contributed by atoms with Crippen LogP contribution in [0.3, 0.4) is 0 Å². The summed E-state index contributed by atoms with van der Waals surface area (Å²) in [6.07, 6.45) is 0.369. The first kappa shape index (κ1) is 17.1. The Morgan fingerprint density at radius 1 is 1.30 bits per heavy atom. The van der Waals surface area contributed by atoms with Crippen LogP contribution in [0.1, 0.15) is 32.8 Å². The Labute approximate surface area is 137 Å². The Morgan fingerprint density at radius 2 is 2.04 bits per heavy atom. The molecule has 0 unspecified atom stereocenters. The van der Waals surface area contributed by atoms with Gasteiger partial charge in [0.05, 0.1) is 18.7 Å². The van der Waals surface area contributed by atoms with Crippen LogP contribution in [0.2, 0.25) is 0 Å². The van der Waals surface area contributed by atoms with E-state index in [1.54, 1.807) is 11.9 Å². The Kier molecular flexibility index (Phi) is 5.13. The number of ether oxygens (including phenoxy) is 1. The largest absolute Gasteiger partial charge is 0.491 e. The van der Waals surface area contributed by atoms with E-state index in [0.717, 1.165) is 11.3 Å². The van der Waals surface area contributed by atoms with Crippen LogP contribution in [0.15, 0.2) is 18.2 Å². The summed E-state index contributed by atoms with van der Waals surface area (Å²) in [7, 11) is 1.74. The standard InChI is InChI=1S/C17H25N3O3/c1-17(2,3)11-19-16(22)18-10-12-5-6-14-13(9-12)20(4)15(21)7-8-23-14/h5-6,9H,7-8,10-11H2,1-4H3,(H2,18,19,22). The highest BCUT2D eigenvalue weighted by Crippen LogP contribution is 2.31. The molecule has 0 spiro atoms. The molecule has 6 nitrogen and oxygen atoms in total. The average molecular weight is 319 g/mol. The first-order chi connectivity index (χ1) is 10.8. The van der Waals surface area contributed by atoms with Crippen molar-refractivity contribution >= 4 is 17.6 Å². The second-order valence-corrected chi connectivity index (χ2v) is 6.95. The van der Waals surface area contributed by atoms with Gasteiger partial charge in [0, 0.05) is 20.1 Å². The summed E-state index contributed by atoms with van der Waals surface area (Å²) in [4.78, 5) is 25.3. The lowest BCUT2D eigenvalue weighted by Gasteiger charge is -2.19. The second kappa shape index (κ2) is 6.89. The van der Waals surface area contributed by atoms with Gasteiger partial charge in [0.1, 0.15) is 5.75 Å². The van der Waals surface area contributed by atoms with Gasteiger partial charge in [-0.3, -0.25) is 4.79 Å². The minimum atomic E-state index is -0.199. The lowest BCUT2D eigenvalue weighted by molar-refractivity contribution is -0.118. The molecule has 0 fully saturated rings. The lowest BCUT2D eigenvalue weighted by atomic mass is 9.97. The summed E-state index contributed by atoms with van der Waals surface area (Å²) < 4.78 is 5.58. The minimum Gasteiger partial charge on any atom is -0.491 e. The quantitative estimate of drug-likeness (QED) is 0.898. The van der Waals surface area contributed by atoms with Gasteiger partial charge in [-0.25, -0.2) is 4.79 Å². The van der Waals surface area contributed by atoms with Crippen LogP contribution in [-0.2, 0) is 11.3 Å². The lowest BCUT2D eigenvalue weighted by Crippen LogP contribution is -2.39. The van der Waals surface area contributed by atoms with Crippen molar-refractivity contribution in [3.8, 4) is 5.75 Å². The number of carbonyl (C=O) groups is 2. The van der Waals surface area contributed by atoms with Crippen LogP contribution in [0.25, 0.3) is 0 Å². The number of nitrogens with one attached hydrogen (secondary N) is 2. The maximum atomic E-state index is 11.9. The number of hydrogen-bond donors (Lipinski definition) is 2. The third kappa shape index (κ3) is 4.87. The molecule has 126 valence electrons. The minimum absolute atomic E-state index is 0.0248. The van der Waals surface area contributed by atoms with Crippen molar-refractivity contribution in [1.82, 2.24) is 10.6 Å². The smallest absolute Gasteiger partial charge is 0.315 e. The number of fused-ring (bicyclic) bond motifs is 1. The highest BCUT2D eigenvalue weighted by molar-refractivity contribution is 5.95. The van der Waals surface area contributed by atoms with E-state index in [0.29, 0.717) is 31.9 Å². The zero-order valence-electron chi connectivity index (χ0n) is 14.2. The summed E-state index contributed by atoms with van der Waals surface area (Å²) in [5.74, 6) is 0.719. The van der Waals surface area contributed by atoms with Gasteiger partial charge < -0.3 is 20.3 Å². The third-order valence-corrected chi connectivity index (χ3v) is 3.56. The van der Waals surface area contributed by atoms with Gasteiger partial charge in [-0.2, -0.15) is 0 Å². The normalized spacial score (nSPS) is 14.6. The van der Waals surface area contributed by atoms with Crippen LogP contribution in [0, 0.1) is 5.41 Å². The maximum absolute atomic E-state index is 11.9. The van der Waals surface area contributed by atoms with Gasteiger partial charge in [-0.15, -0.1) is 0 Å². The highest BCUT2D eigenvalue weighted by Gasteiger charge is 2.20. The van der Waals surface area contributed by atoms with E-state index in [2.05, 4.69) is 31.4 Å². The van der Waals surface area contributed by atoms with E-state index < -0.39 is 0 Å². The predicted molar refractivity (Wildman–Crippen MR) is 89.7 cm³/mol. The van der Waals surface area contributed by atoms with Gasteiger partial charge in [0.2, 0.25) is 5.91 Å². The number of rotatable bonds is 3. The Morgan fingerprint density at radius 3 is 2.74 bits per heavy atom. The van der Waals surface area contributed by atoms with Crippen molar-refractivity contribution in [2.24, 2.45) is 5.41 Å². The average Bonchev–Trinajstić information content (AvgIpc) is 2.62.